The average Bonchev–Trinajstić information content (AvgIpc) is 2.68. The number of hydrogen-bond acceptors (Lipinski definition) is 7. The third-order valence-electron chi connectivity index (χ3n) is 5.33. The number of allylic oxidation sites excluding steroid dienone is 3. The summed E-state index contributed by atoms with van der Waals surface area (Å²) in [6, 6.07) is 5.70. The van der Waals surface area contributed by atoms with Gasteiger partial charge in [0.25, 0.3) is 5.69 Å². The van der Waals surface area contributed by atoms with Crippen LogP contribution < -0.4 is 0 Å². The standard InChI is InChI=1S/C19H23N2O7P/c1-11-9-27-29(26,28-10-11)18-13(3)20(4)12(2)16(19(22)23)17(18)14-6-5-7-15(8-14)21(24)25/h5-8,11,17H,9-10H2,1-4H3,(H,22,23). The van der Waals surface area contributed by atoms with Gasteiger partial charge in [0.1, 0.15) is 0 Å². The molecule has 1 saturated heterocycles. The molecular formula is C19H23N2O7P. The van der Waals surface area contributed by atoms with Gasteiger partial charge < -0.3 is 19.1 Å². The van der Waals surface area contributed by atoms with E-state index >= 15 is 0 Å². The van der Waals surface area contributed by atoms with Gasteiger partial charge in [0.2, 0.25) is 0 Å². The van der Waals surface area contributed by atoms with Gasteiger partial charge in [0, 0.05) is 36.5 Å². The number of carboxylic acids is 1. The maximum absolute atomic E-state index is 13.7. The lowest BCUT2D eigenvalue weighted by atomic mass is 9.85. The maximum Gasteiger partial charge on any atom is 0.360 e. The molecule has 2 heterocycles. The minimum absolute atomic E-state index is 0.0188. The smallest absolute Gasteiger partial charge is 0.360 e. The molecule has 3 rings (SSSR count). The van der Waals surface area contributed by atoms with Gasteiger partial charge in [-0.15, -0.1) is 0 Å². The van der Waals surface area contributed by atoms with Crippen molar-refractivity contribution >= 4 is 19.3 Å². The van der Waals surface area contributed by atoms with Crippen LogP contribution in [-0.2, 0) is 18.4 Å². The van der Waals surface area contributed by atoms with E-state index in [1.807, 2.05) is 6.92 Å². The summed E-state index contributed by atoms with van der Waals surface area (Å²) in [6.07, 6.45) is 0. The summed E-state index contributed by atoms with van der Waals surface area (Å²) >= 11 is 0. The van der Waals surface area contributed by atoms with Crippen LogP contribution in [0.1, 0.15) is 32.3 Å². The Balaban J connectivity index is 2.26. The van der Waals surface area contributed by atoms with E-state index in [4.69, 9.17) is 9.05 Å². The molecule has 10 heteroatoms. The van der Waals surface area contributed by atoms with E-state index in [9.17, 15) is 24.6 Å². The second-order valence-corrected chi connectivity index (χ2v) is 9.31. The molecule has 9 nitrogen and oxygen atoms in total. The predicted octanol–water partition coefficient (Wildman–Crippen LogP) is 4.09. The normalized spacial score (nSPS) is 27.9. The van der Waals surface area contributed by atoms with Crippen molar-refractivity contribution in [2.45, 2.75) is 26.7 Å². The summed E-state index contributed by atoms with van der Waals surface area (Å²) in [5, 5.41) is 21.4. The van der Waals surface area contributed by atoms with E-state index in [1.54, 1.807) is 31.9 Å². The predicted molar refractivity (Wildman–Crippen MR) is 105 cm³/mol. The Labute approximate surface area is 168 Å². The van der Waals surface area contributed by atoms with Gasteiger partial charge in [0.15, 0.2) is 0 Å². The van der Waals surface area contributed by atoms with Crippen molar-refractivity contribution in [1.82, 2.24) is 4.90 Å². The first-order chi connectivity index (χ1) is 13.6. The molecule has 0 saturated carbocycles. The fourth-order valence-corrected chi connectivity index (χ4v) is 6.01. The zero-order valence-electron chi connectivity index (χ0n) is 16.6. The van der Waals surface area contributed by atoms with Crippen molar-refractivity contribution in [1.29, 1.82) is 0 Å². The van der Waals surface area contributed by atoms with Gasteiger partial charge in [-0.2, -0.15) is 0 Å². The molecule has 2 aliphatic rings. The highest BCUT2D eigenvalue weighted by atomic mass is 31.2. The SMILES string of the molecule is CC1=C(C(=O)O)C(c2cccc([N+](=O)[O-])c2)C(P2(=O)OCC(C)CO2)=C(C)N1C. The van der Waals surface area contributed by atoms with E-state index in [0.29, 0.717) is 17.0 Å². The van der Waals surface area contributed by atoms with Crippen LogP contribution in [0.4, 0.5) is 5.69 Å². The molecule has 0 bridgehead atoms. The third-order valence-corrected chi connectivity index (χ3v) is 7.48. The number of benzene rings is 1. The highest BCUT2D eigenvalue weighted by molar-refractivity contribution is 7.58. The van der Waals surface area contributed by atoms with Crippen LogP contribution in [0.25, 0.3) is 0 Å². The molecule has 0 aliphatic carbocycles. The Morgan fingerprint density at radius 1 is 1.28 bits per heavy atom. The van der Waals surface area contributed by atoms with Crippen molar-refractivity contribution < 1.29 is 28.4 Å². The van der Waals surface area contributed by atoms with Gasteiger partial charge >= 0.3 is 13.6 Å². The Kier molecular flexibility index (Phi) is 5.67. The van der Waals surface area contributed by atoms with Crippen LogP contribution >= 0.6 is 7.60 Å². The van der Waals surface area contributed by atoms with Crippen LogP contribution in [0.15, 0.2) is 46.5 Å². The van der Waals surface area contributed by atoms with Crippen LogP contribution in [-0.4, -0.2) is 41.2 Å². The number of nitro groups is 1. The minimum Gasteiger partial charge on any atom is -0.478 e. The number of non-ortho nitro benzene ring substituents is 1. The van der Waals surface area contributed by atoms with E-state index in [1.165, 1.54) is 18.2 Å². The zero-order valence-corrected chi connectivity index (χ0v) is 17.5. The van der Waals surface area contributed by atoms with E-state index < -0.39 is 24.4 Å². The largest absolute Gasteiger partial charge is 0.478 e. The van der Waals surface area contributed by atoms with Gasteiger partial charge in [-0.3, -0.25) is 14.7 Å². The number of aliphatic carboxylic acids is 1. The van der Waals surface area contributed by atoms with E-state index in [-0.39, 0.29) is 35.7 Å². The first kappa shape index (κ1) is 21.2. The fourth-order valence-electron chi connectivity index (χ4n) is 3.61. The summed E-state index contributed by atoms with van der Waals surface area (Å²) in [6.45, 7) is 5.68. The maximum atomic E-state index is 13.7. The third kappa shape index (κ3) is 3.73. The number of nitrogens with zero attached hydrogens (tertiary/aromatic N) is 2. The topological polar surface area (TPSA) is 119 Å². The molecule has 2 aliphatic heterocycles. The molecule has 1 aromatic carbocycles. The van der Waals surface area contributed by atoms with Gasteiger partial charge in [-0.25, -0.2) is 4.79 Å². The molecular weight excluding hydrogens is 399 g/mol. The molecule has 29 heavy (non-hydrogen) atoms. The number of nitro benzene ring substituents is 1. The molecule has 0 amide bonds. The van der Waals surface area contributed by atoms with Crippen molar-refractivity contribution in [3.8, 4) is 0 Å². The van der Waals surface area contributed by atoms with Crippen molar-refractivity contribution in [2.75, 3.05) is 20.3 Å². The summed E-state index contributed by atoms with van der Waals surface area (Å²) in [4.78, 5) is 24.5. The highest BCUT2D eigenvalue weighted by Gasteiger charge is 2.47. The molecule has 0 radical (unpaired) electrons. The highest BCUT2D eigenvalue weighted by Crippen LogP contribution is 2.66. The van der Waals surface area contributed by atoms with Crippen LogP contribution in [0, 0.1) is 16.0 Å². The minimum atomic E-state index is -3.81. The van der Waals surface area contributed by atoms with E-state index in [0.717, 1.165) is 0 Å². The zero-order chi connectivity index (χ0) is 21.5. The lowest BCUT2D eigenvalue weighted by Crippen LogP contribution is -2.31. The first-order valence-corrected chi connectivity index (χ1v) is 10.6. The number of hydrogen-bond donors (Lipinski definition) is 1. The second-order valence-electron chi connectivity index (χ2n) is 7.31. The summed E-state index contributed by atoms with van der Waals surface area (Å²) < 4.78 is 24.9. The molecule has 1 fully saturated rings. The van der Waals surface area contributed by atoms with Gasteiger partial charge in [0.05, 0.1) is 34.9 Å². The van der Waals surface area contributed by atoms with Gasteiger partial charge in [-0.05, 0) is 19.4 Å². The van der Waals surface area contributed by atoms with Crippen molar-refractivity contribution in [2.24, 2.45) is 5.92 Å². The van der Waals surface area contributed by atoms with E-state index in [2.05, 4.69) is 0 Å². The lowest BCUT2D eigenvalue weighted by molar-refractivity contribution is -0.384. The number of rotatable bonds is 4. The van der Waals surface area contributed by atoms with Crippen LogP contribution in [0.2, 0.25) is 0 Å². The molecule has 156 valence electrons. The lowest BCUT2D eigenvalue weighted by Gasteiger charge is -2.39. The fraction of sp³-hybridized carbons (Fsp3) is 0.421. The Hall–Kier alpha value is -2.48. The quantitative estimate of drug-likeness (QED) is 0.438. The number of carbonyl (C=O) groups is 1. The first-order valence-electron chi connectivity index (χ1n) is 9.09. The molecule has 1 atom stereocenters. The Morgan fingerprint density at radius 3 is 2.45 bits per heavy atom. The summed E-state index contributed by atoms with van der Waals surface area (Å²) in [5.74, 6) is -2.15. The number of carboxylic acid groups (broad SMARTS) is 1. The average molecular weight is 422 g/mol. The molecule has 0 spiro atoms. The van der Waals surface area contributed by atoms with Crippen LogP contribution in [0.5, 0.6) is 0 Å². The van der Waals surface area contributed by atoms with Crippen molar-refractivity contribution in [3.05, 3.63) is 62.2 Å². The van der Waals surface area contributed by atoms with Crippen molar-refractivity contribution in [3.63, 3.8) is 0 Å². The van der Waals surface area contributed by atoms with Crippen LogP contribution in [0.3, 0.4) is 0 Å². The summed E-state index contributed by atoms with van der Waals surface area (Å²) in [5.41, 5.74) is 1.14. The molecule has 1 aromatic rings. The van der Waals surface area contributed by atoms with Gasteiger partial charge in [-0.1, -0.05) is 19.1 Å². The molecule has 0 aromatic heterocycles. The molecule has 1 N–H and O–H groups in total. The summed E-state index contributed by atoms with van der Waals surface area (Å²) in [7, 11) is -2.14. The monoisotopic (exact) mass is 422 g/mol. The molecule has 1 unspecified atom stereocenters. The Bertz CT molecular complexity index is 973. The second kappa shape index (κ2) is 7.74. The Morgan fingerprint density at radius 2 is 1.90 bits per heavy atom.